The number of carbonyl (C=O) groups is 1. The monoisotopic (exact) mass is 343 g/mol. The smallest absolute Gasteiger partial charge is 0.319 e. The molecule has 2 aromatic carbocycles. The van der Waals surface area contributed by atoms with Crippen molar-refractivity contribution in [2.75, 3.05) is 38.2 Å². The highest BCUT2D eigenvalue weighted by Crippen LogP contribution is 2.22. The third kappa shape index (κ3) is 5.27. The Kier molecular flexibility index (Phi) is 5.98. The van der Waals surface area contributed by atoms with Gasteiger partial charge in [-0.15, -0.1) is 0 Å². The molecule has 2 aromatic rings. The summed E-state index contributed by atoms with van der Waals surface area (Å²) in [7, 11) is 0. The molecule has 25 heavy (non-hydrogen) atoms. The highest BCUT2D eigenvalue weighted by molar-refractivity contribution is 5.90. The van der Waals surface area contributed by atoms with Gasteiger partial charge in [0.1, 0.15) is 5.82 Å². The first-order chi connectivity index (χ1) is 12.2. The lowest BCUT2D eigenvalue weighted by atomic mass is 10.1. The molecule has 1 saturated heterocycles. The van der Waals surface area contributed by atoms with Gasteiger partial charge in [0.2, 0.25) is 0 Å². The first kappa shape index (κ1) is 17.4. The number of ether oxygens (including phenoxy) is 1. The number of hydrogen-bond acceptors (Lipinski definition) is 3. The second-order valence-electron chi connectivity index (χ2n) is 6.07. The fourth-order valence-electron chi connectivity index (χ4n) is 2.72. The van der Waals surface area contributed by atoms with E-state index in [1.54, 1.807) is 12.1 Å². The number of benzene rings is 2. The summed E-state index contributed by atoms with van der Waals surface area (Å²) in [6.45, 7) is 3.59. The molecule has 6 heteroatoms. The summed E-state index contributed by atoms with van der Waals surface area (Å²) in [5.41, 5.74) is 2.50. The van der Waals surface area contributed by atoms with Crippen molar-refractivity contribution >= 4 is 11.7 Å². The molecule has 132 valence electrons. The van der Waals surface area contributed by atoms with Crippen molar-refractivity contribution in [3.05, 3.63) is 54.3 Å². The van der Waals surface area contributed by atoms with Gasteiger partial charge in [0, 0.05) is 31.2 Å². The molecule has 3 rings (SSSR count). The molecule has 0 saturated carbocycles. The van der Waals surface area contributed by atoms with Gasteiger partial charge in [0.05, 0.1) is 13.2 Å². The van der Waals surface area contributed by atoms with Gasteiger partial charge < -0.3 is 20.7 Å². The van der Waals surface area contributed by atoms with E-state index in [2.05, 4.69) is 16.0 Å². The number of halogens is 1. The Hall–Kier alpha value is -2.44. The average Bonchev–Trinajstić information content (AvgIpc) is 2.90. The van der Waals surface area contributed by atoms with Crippen molar-refractivity contribution in [3.8, 4) is 11.1 Å². The molecule has 0 unspecified atom stereocenters. The molecule has 1 fully saturated rings. The molecule has 0 aromatic heterocycles. The Morgan fingerprint density at radius 2 is 2.04 bits per heavy atom. The Morgan fingerprint density at radius 3 is 2.88 bits per heavy atom. The summed E-state index contributed by atoms with van der Waals surface area (Å²) in [6, 6.07) is 13.5. The van der Waals surface area contributed by atoms with E-state index >= 15 is 0 Å². The maximum absolute atomic E-state index is 13.0. The minimum absolute atomic E-state index is 0.250. The maximum atomic E-state index is 13.0. The highest BCUT2D eigenvalue weighted by Gasteiger charge is 2.13. The molecule has 1 aliphatic rings. The van der Waals surface area contributed by atoms with E-state index in [0.717, 1.165) is 24.2 Å². The molecule has 1 aliphatic heterocycles. The number of rotatable bonds is 4. The SMILES string of the molecule is O=C(NC[C@@H]1CNCCOC1)Nc1cccc(-c2ccc(F)cc2)c1. The molecule has 0 aliphatic carbocycles. The fraction of sp³-hybridized carbons (Fsp3) is 0.316. The van der Waals surface area contributed by atoms with Gasteiger partial charge in [-0.25, -0.2) is 9.18 Å². The molecule has 0 spiro atoms. The van der Waals surface area contributed by atoms with Crippen LogP contribution in [0.15, 0.2) is 48.5 Å². The maximum Gasteiger partial charge on any atom is 0.319 e. The predicted octanol–water partition coefficient (Wildman–Crippen LogP) is 2.85. The largest absolute Gasteiger partial charge is 0.380 e. The molecule has 0 radical (unpaired) electrons. The van der Waals surface area contributed by atoms with Crippen LogP contribution in [-0.4, -0.2) is 38.9 Å². The Balaban J connectivity index is 1.56. The van der Waals surface area contributed by atoms with Crippen LogP contribution in [0.4, 0.5) is 14.9 Å². The minimum Gasteiger partial charge on any atom is -0.380 e. The zero-order valence-electron chi connectivity index (χ0n) is 13.9. The van der Waals surface area contributed by atoms with Crippen molar-refractivity contribution in [2.24, 2.45) is 5.92 Å². The Bertz CT molecular complexity index is 698. The van der Waals surface area contributed by atoms with Crippen LogP contribution in [-0.2, 0) is 4.74 Å². The van der Waals surface area contributed by atoms with Crippen molar-refractivity contribution in [1.29, 1.82) is 0 Å². The van der Waals surface area contributed by atoms with Gasteiger partial charge in [0.15, 0.2) is 0 Å². The molecule has 0 bridgehead atoms. The van der Waals surface area contributed by atoms with Crippen LogP contribution in [0.2, 0.25) is 0 Å². The number of amides is 2. The van der Waals surface area contributed by atoms with Crippen LogP contribution in [0, 0.1) is 11.7 Å². The molecule has 5 nitrogen and oxygen atoms in total. The molecular formula is C19H22FN3O2. The summed E-state index contributed by atoms with van der Waals surface area (Å²) in [6.07, 6.45) is 0. The van der Waals surface area contributed by atoms with Gasteiger partial charge >= 0.3 is 6.03 Å². The Labute approximate surface area is 146 Å². The first-order valence-electron chi connectivity index (χ1n) is 8.40. The summed E-state index contributed by atoms with van der Waals surface area (Å²) in [4.78, 5) is 12.1. The van der Waals surface area contributed by atoms with Crippen molar-refractivity contribution in [1.82, 2.24) is 10.6 Å². The second-order valence-corrected chi connectivity index (χ2v) is 6.07. The number of anilines is 1. The molecule has 1 atom stereocenters. The zero-order valence-corrected chi connectivity index (χ0v) is 13.9. The van der Waals surface area contributed by atoms with E-state index in [9.17, 15) is 9.18 Å². The van der Waals surface area contributed by atoms with Crippen molar-refractivity contribution in [2.45, 2.75) is 0 Å². The average molecular weight is 343 g/mol. The third-order valence-corrected chi connectivity index (χ3v) is 4.06. The van der Waals surface area contributed by atoms with E-state index in [0.29, 0.717) is 25.4 Å². The van der Waals surface area contributed by atoms with Gasteiger partial charge in [0.25, 0.3) is 0 Å². The van der Waals surface area contributed by atoms with Crippen LogP contribution >= 0.6 is 0 Å². The van der Waals surface area contributed by atoms with Crippen molar-refractivity contribution < 1.29 is 13.9 Å². The number of nitrogens with one attached hydrogen (secondary N) is 3. The summed E-state index contributed by atoms with van der Waals surface area (Å²) >= 11 is 0. The summed E-state index contributed by atoms with van der Waals surface area (Å²) < 4.78 is 18.5. The lowest BCUT2D eigenvalue weighted by Gasteiger charge is -2.15. The molecule has 3 N–H and O–H groups in total. The van der Waals surface area contributed by atoms with E-state index in [4.69, 9.17) is 4.74 Å². The van der Waals surface area contributed by atoms with Crippen LogP contribution in [0.5, 0.6) is 0 Å². The number of urea groups is 1. The van der Waals surface area contributed by atoms with Crippen molar-refractivity contribution in [3.63, 3.8) is 0 Å². The number of hydrogen-bond donors (Lipinski definition) is 3. The first-order valence-corrected chi connectivity index (χ1v) is 8.40. The van der Waals surface area contributed by atoms with Crippen LogP contribution in [0.25, 0.3) is 11.1 Å². The zero-order chi connectivity index (χ0) is 17.5. The predicted molar refractivity (Wildman–Crippen MR) is 96.0 cm³/mol. The van der Waals surface area contributed by atoms with Gasteiger partial charge in [-0.1, -0.05) is 24.3 Å². The van der Waals surface area contributed by atoms with E-state index < -0.39 is 0 Å². The topological polar surface area (TPSA) is 62.4 Å². The second kappa shape index (κ2) is 8.60. The highest BCUT2D eigenvalue weighted by atomic mass is 19.1. The Morgan fingerprint density at radius 1 is 1.20 bits per heavy atom. The van der Waals surface area contributed by atoms with Gasteiger partial charge in [-0.2, -0.15) is 0 Å². The lowest BCUT2D eigenvalue weighted by Crippen LogP contribution is -2.37. The normalized spacial score (nSPS) is 17.6. The standard InChI is InChI=1S/C19H22FN3O2/c20-17-6-4-15(5-7-17)16-2-1-3-18(10-16)23-19(24)22-12-14-11-21-8-9-25-13-14/h1-7,10,14,21H,8-9,11-13H2,(H2,22,23,24)/t14-/m0/s1. The van der Waals surface area contributed by atoms with Crippen LogP contribution in [0.1, 0.15) is 0 Å². The van der Waals surface area contributed by atoms with Crippen LogP contribution < -0.4 is 16.0 Å². The summed E-state index contributed by atoms with van der Waals surface area (Å²) in [5.74, 6) is -0.00631. The van der Waals surface area contributed by atoms with E-state index in [-0.39, 0.29) is 17.8 Å². The van der Waals surface area contributed by atoms with E-state index in [1.807, 2.05) is 24.3 Å². The van der Waals surface area contributed by atoms with Gasteiger partial charge in [-0.05, 0) is 35.4 Å². The van der Waals surface area contributed by atoms with E-state index in [1.165, 1.54) is 12.1 Å². The minimum atomic E-state index is -0.269. The van der Waals surface area contributed by atoms with Crippen LogP contribution in [0.3, 0.4) is 0 Å². The fourth-order valence-corrected chi connectivity index (χ4v) is 2.72. The molecule has 2 amide bonds. The quantitative estimate of drug-likeness (QED) is 0.800. The molecule has 1 heterocycles. The third-order valence-electron chi connectivity index (χ3n) is 4.06. The number of carbonyl (C=O) groups excluding carboxylic acids is 1. The van der Waals surface area contributed by atoms with Gasteiger partial charge in [-0.3, -0.25) is 0 Å². The summed E-state index contributed by atoms with van der Waals surface area (Å²) in [5, 5.41) is 8.99. The lowest BCUT2D eigenvalue weighted by molar-refractivity contribution is 0.123. The molecular weight excluding hydrogens is 321 g/mol.